The minimum atomic E-state index is -0.632. The van der Waals surface area contributed by atoms with E-state index >= 15 is 0 Å². The van der Waals surface area contributed by atoms with E-state index in [9.17, 15) is 9.18 Å². The molecule has 0 saturated heterocycles. The molecule has 0 N–H and O–H groups in total. The Bertz CT molecular complexity index is 542. The fourth-order valence-electron chi connectivity index (χ4n) is 1.38. The van der Waals surface area contributed by atoms with Crippen LogP contribution in [0.5, 0.6) is 0 Å². The number of aromatic nitrogens is 1. The van der Waals surface area contributed by atoms with Crippen LogP contribution in [0.4, 0.5) is 4.39 Å². The average Bonchev–Trinajstić information content (AvgIpc) is 2.79. The first kappa shape index (κ1) is 15.7. The van der Waals surface area contributed by atoms with Crippen molar-refractivity contribution in [2.45, 2.75) is 6.92 Å². The summed E-state index contributed by atoms with van der Waals surface area (Å²) in [5, 5.41) is 3.38. The fraction of sp³-hybridized carbons (Fsp3) is 0.167. The van der Waals surface area contributed by atoms with E-state index in [0.29, 0.717) is 0 Å². The second kappa shape index (κ2) is 7.28. The number of rotatable bonds is 3. The Morgan fingerprint density at radius 1 is 1.50 bits per heavy atom. The van der Waals surface area contributed by atoms with Crippen molar-refractivity contribution >= 4 is 5.97 Å². The van der Waals surface area contributed by atoms with Crippen molar-refractivity contribution in [1.82, 2.24) is 5.16 Å². The maximum atomic E-state index is 13.5. The molecule has 2 rings (SSSR count). The molecular weight excluding hydrogens is 311 g/mol. The van der Waals surface area contributed by atoms with Crippen molar-refractivity contribution in [3.05, 3.63) is 41.8 Å². The molecular formula is C12H9FNO3Rb. The van der Waals surface area contributed by atoms with Crippen molar-refractivity contribution in [2.75, 3.05) is 6.61 Å². The number of esters is 1. The van der Waals surface area contributed by atoms with Crippen LogP contribution in [0.2, 0.25) is 0 Å². The minimum absolute atomic E-state index is 0. The molecule has 2 aromatic rings. The van der Waals surface area contributed by atoms with Gasteiger partial charge in [-0.05, 0) is 30.3 Å². The summed E-state index contributed by atoms with van der Waals surface area (Å²) in [6.45, 7) is 1.89. The number of hydrogen-bond donors (Lipinski definition) is 0. The second-order valence-electron chi connectivity index (χ2n) is 3.20. The largest absolute Gasteiger partial charge is 1.00 e. The van der Waals surface area contributed by atoms with Crippen LogP contribution in [0.3, 0.4) is 0 Å². The molecule has 1 aromatic heterocycles. The molecule has 0 unspecified atom stereocenters. The van der Waals surface area contributed by atoms with E-state index in [2.05, 4.69) is 11.4 Å². The molecule has 0 aliphatic carbocycles. The van der Waals surface area contributed by atoms with Gasteiger partial charge in [0, 0.05) is 0 Å². The second-order valence-corrected chi connectivity index (χ2v) is 3.20. The molecule has 4 nitrogen and oxygen atoms in total. The van der Waals surface area contributed by atoms with E-state index in [4.69, 9.17) is 9.26 Å². The van der Waals surface area contributed by atoms with E-state index in [1.54, 1.807) is 19.1 Å². The maximum absolute atomic E-state index is 13.5. The van der Waals surface area contributed by atoms with E-state index in [-0.39, 0.29) is 81.7 Å². The molecule has 0 saturated carbocycles. The summed E-state index contributed by atoms with van der Waals surface area (Å²) in [6.07, 6.45) is 2.36. The van der Waals surface area contributed by atoms with Gasteiger partial charge in [-0.25, -0.2) is 4.39 Å². The van der Waals surface area contributed by atoms with Gasteiger partial charge in [-0.2, -0.15) is 5.16 Å². The number of carbonyl (C=O) groups is 1. The molecule has 0 atom stereocenters. The molecule has 0 bridgehead atoms. The van der Waals surface area contributed by atoms with Crippen molar-refractivity contribution in [1.29, 1.82) is 0 Å². The van der Waals surface area contributed by atoms with Crippen molar-refractivity contribution < 1.29 is 76.6 Å². The smallest absolute Gasteiger partial charge is 0.519 e. The molecule has 0 aliphatic rings. The van der Waals surface area contributed by atoms with Crippen LogP contribution in [-0.2, 0) is 4.74 Å². The summed E-state index contributed by atoms with van der Waals surface area (Å²) < 4.78 is 23.2. The van der Waals surface area contributed by atoms with Crippen LogP contribution in [0, 0.1) is 12.0 Å². The number of nitrogens with zero attached hydrogens (tertiary/aromatic N) is 1. The van der Waals surface area contributed by atoms with Crippen LogP contribution in [0.1, 0.15) is 17.3 Å². The topological polar surface area (TPSA) is 52.3 Å². The molecule has 6 heteroatoms. The molecule has 0 aliphatic heterocycles. The van der Waals surface area contributed by atoms with Gasteiger partial charge in [0.05, 0.1) is 12.4 Å². The first-order valence-corrected chi connectivity index (χ1v) is 5.03. The van der Waals surface area contributed by atoms with Crippen molar-refractivity contribution in [2.24, 2.45) is 0 Å². The van der Waals surface area contributed by atoms with Gasteiger partial charge < -0.3 is 14.1 Å². The van der Waals surface area contributed by atoms with Crippen molar-refractivity contribution in [3.8, 4) is 11.3 Å². The minimum Gasteiger partial charge on any atom is -0.519 e. The van der Waals surface area contributed by atoms with Crippen molar-refractivity contribution in [3.63, 3.8) is 0 Å². The zero-order chi connectivity index (χ0) is 12.3. The Balaban J connectivity index is 0.00000162. The van der Waals surface area contributed by atoms with Crippen LogP contribution in [0.25, 0.3) is 11.3 Å². The quantitative estimate of drug-likeness (QED) is 0.563. The molecule has 88 valence electrons. The predicted octanol–water partition coefficient (Wildman–Crippen LogP) is -0.538. The fourth-order valence-corrected chi connectivity index (χ4v) is 1.38. The molecule has 1 aromatic carbocycles. The van der Waals surface area contributed by atoms with Crippen LogP contribution in [0.15, 0.2) is 28.8 Å². The molecule has 0 fully saturated rings. The van der Waals surface area contributed by atoms with E-state index in [1.807, 2.05) is 0 Å². The van der Waals surface area contributed by atoms with E-state index in [0.717, 1.165) is 0 Å². The average molecular weight is 320 g/mol. The Morgan fingerprint density at radius 3 is 2.89 bits per heavy atom. The maximum Gasteiger partial charge on any atom is 1.00 e. The normalized spacial score (nSPS) is 9.67. The standard InChI is InChI=1S/C12H9FNO3.Rb/c1-2-16-12(15)9-7-14-17-11(9)8-5-3-4-6-10(8)13;/h3-6H,2H2,1H3;/q-1;+1. The van der Waals surface area contributed by atoms with Gasteiger partial charge in [0.2, 0.25) is 5.97 Å². The summed E-state index contributed by atoms with van der Waals surface area (Å²) in [7, 11) is 0. The number of ether oxygens (including phenoxy) is 1. The van der Waals surface area contributed by atoms with Gasteiger partial charge in [-0.3, -0.25) is 0 Å². The number of carbonyl (C=O) groups excluding carboxylic acids is 1. The zero-order valence-corrected chi connectivity index (χ0v) is 15.0. The van der Waals surface area contributed by atoms with Gasteiger partial charge in [0.1, 0.15) is 5.82 Å². The zero-order valence-electron chi connectivity index (χ0n) is 10.1. The van der Waals surface area contributed by atoms with Gasteiger partial charge in [0.25, 0.3) is 0 Å². The van der Waals surface area contributed by atoms with Gasteiger partial charge >= 0.3 is 58.2 Å². The Labute approximate surface area is 152 Å². The van der Waals surface area contributed by atoms with Crippen LogP contribution in [-0.4, -0.2) is 17.7 Å². The third-order valence-corrected chi connectivity index (χ3v) is 2.12. The molecule has 1 heterocycles. The SMILES string of the molecule is CCOC(=O)c1[c-]noc1-c1ccccc1F.[Rb+]. The third-order valence-electron chi connectivity index (χ3n) is 2.12. The Hall–Kier alpha value is -0.365. The predicted molar refractivity (Wildman–Crippen MR) is 56.7 cm³/mol. The molecule has 0 amide bonds. The van der Waals surface area contributed by atoms with Gasteiger partial charge in [-0.15, -0.1) is 0 Å². The Morgan fingerprint density at radius 2 is 2.22 bits per heavy atom. The van der Waals surface area contributed by atoms with Crippen LogP contribution < -0.4 is 58.2 Å². The summed E-state index contributed by atoms with van der Waals surface area (Å²) in [4.78, 5) is 11.5. The third kappa shape index (κ3) is 3.35. The summed E-state index contributed by atoms with van der Waals surface area (Å²) in [6, 6.07) is 5.94. The van der Waals surface area contributed by atoms with E-state index < -0.39 is 11.8 Å². The molecule has 0 radical (unpaired) electrons. The summed E-state index contributed by atoms with van der Waals surface area (Å²) in [5.74, 6) is -1.10. The summed E-state index contributed by atoms with van der Waals surface area (Å²) >= 11 is 0. The monoisotopic (exact) mass is 319 g/mol. The molecule has 0 spiro atoms. The number of hydrogen-bond acceptors (Lipinski definition) is 4. The molecule has 18 heavy (non-hydrogen) atoms. The Kier molecular flexibility index (Phi) is 6.35. The number of benzene rings is 1. The van der Waals surface area contributed by atoms with Gasteiger partial charge in [0.15, 0.2) is 0 Å². The first-order valence-electron chi connectivity index (χ1n) is 5.03. The summed E-state index contributed by atoms with van der Waals surface area (Å²) in [5.41, 5.74) is 0.154. The number of halogens is 1. The van der Waals surface area contributed by atoms with E-state index in [1.165, 1.54) is 12.1 Å². The van der Waals surface area contributed by atoms with Crippen LogP contribution >= 0.6 is 0 Å². The van der Waals surface area contributed by atoms with Gasteiger partial charge in [-0.1, -0.05) is 18.2 Å². The first-order chi connectivity index (χ1) is 8.24.